The van der Waals surface area contributed by atoms with Gasteiger partial charge < -0.3 is 0 Å². The zero-order chi connectivity index (χ0) is 10.0. The Balaban J connectivity index is 2.85. The molecule has 1 aromatic heterocycles. The molecule has 0 unspecified atom stereocenters. The molecule has 0 aliphatic rings. The molecular formula is C9H15N3O. The van der Waals surface area contributed by atoms with E-state index in [9.17, 15) is 4.79 Å². The Kier molecular flexibility index (Phi) is 2.70. The van der Waals surface area contributed by atoms with Crippen LogP contribution in [-0.4, -0.2) is 23.2 Å². The van der Waals surface area contributed by atoms with Crippen LogP contribution in [0, 0.1) is 0 Å². The van der Waals surface area contributed by atoms with E-state index in [1.54, 1.807) is 7.05 Å². The molecule has 0 bridgehead atoms. The maximum Gasteiger partial charge on any atom is 0.224 e. The van der Waals surface area contributed by atoms with Gasteiger partial charge >= 0.3 is 0 Å². The van der Waals surface area contributed by atoms with Crippen molar-refractivity contribution in [3.8, 4) is 0 Å². The molecule has 0 fully saturated rings. The van der Waals surface area contributed by atoms with Gasteiger partial charge in [-0.1, -0.05) is 13.8 Å². The molecule has 1 heterocycles. The number of carbonyl (C=O) groups excluding carboxylic acids is 1. The molecule has 0 aromatic carbocycles. The number of nitrogens with zero attached hydrogens (tertiary/aromatic N) is 2. The first-order valence-electron chi connectivity index (χ1n) is 4.32. The second kappa shape index (κ2) is 3.60. The minimum Gasteiger partial charge on any atom is -0.299 e. The lowest BCUT2D eigenvalue weighted by Gasteiger charge is -2.09. The Labute approximate surface area is 77.9 Å². The van der Waals surface area contributed by atoms with Crippen molar-refractivity contribution in [2.24, 2.45) is 0 Å². The second-order valence-corrected chi connectivity index (χ2v) is 3.41. The van der Waals surface area contributed by atoms with E-state index in [1.807, 2.05) is 6.07 Å². The summed E-state index contributed by atoms with van der Waals surface area (Å²) in [6.07, 6.45) is 0. The lowest BCUT2D eigenvalue weighted by atomic mass is 10.1. The largest absolute Gasteiger partial charge is 0.299 e. The number of amides is 1. The van der Waals surface area contributed by atoms with Crippen molar-refractivity contribution in [1.29, 1.82) is 0 Å². The molecule has 13 heavy (non-hydrogen) atoms. The van der Waals surface area contributed by atoms with E-state index < -0.39 is 0 Å². The van der Waals surface area contributed by atoms with Crippen molar-refractivity contribution in [2.75, 3.05) is 11.9 Å². The van der Waals surface area contributed by atoms with E-state index in [4.69, 9.17) is 0 Å². The predicted molar refractivity (Wildman–Crippen MR) is 51.8 cm³/mol. The molecule has 4 heteroatoms. The molecule has 0 spiro atoms. The van der Waals surface area contributed by atoms with Crippen LogP contribution in [0.15, 0.2) is 6.07 Å². The predicted octanol–water partition coefficient (Wildman–Crippen LogP) is 1.52. The van der Waals surface area contributed by atoms with Gasteiger partial charge in [0.15, 0.2) is 5.82 Å². The van der Waals surface area contributed by atoms with Gasteiger partial charge in [0.2, 0.25) is 5.91 Å². The van der Waals surface area contributed by atoms with E-state index >= 15 is 0 Å². The Hall–Kier alpha value is -1.32. The molecule has 0 aliphatic heterocycles. The molecule has 72 valence electrons. The fourth-order valence-electron chi connectivity index (χ4n) is 0.954. The minimum atomic E-state index is -0.0122. The molecule has 0 radical (unpaired) electrons. The third kappa shape index (κ3) is 2.08. The summed E-state index contributed by atoms with van der Waals surface area (Å²) in [5.41, 5.74) is 1.04. The van der Waals surface area contributed by atoms with Crippen LogP contribution in [0.2, 0.25) is 0 Å². The van der Waals surface area contributed by atoms with Crippen LogP contribution in [0.5, 0.6) is 0 Å². The molecule has 0 saturated heterocycles. The fraction of sp³-hybridized carbons (Fsp3) is 0.556. The average Bonchev–Trinajstić information content (AvgIpc) is 2.50. The fourth-order valence-corrected chi connectivity index (χ4v) is 0.954. The zero-order valence-electron chi connectivity index (χ0n) is 8.46. The highest BCUT2D eigenvalue weighted by molar-refractivity contribution is 5.89. The smallest absolute Gasteiger partial charge is 0.224 e. The third-order valence-corrected chi connectivity index (χ3v) is 2.02. The van der Waals surface area contributed by atoms with Crippen molar-refractivity contribution in [1.82, 2.24) is 10.2 Å². The normalized spacial score (nSPS) is 10.5. The number of rotatable bonds is 2. The van der Waals surface area contributed by atoms with Gasteiger partial charge in [0.1, 0.15) is 0 Å². The van der Waals surface area contributed by atoms with Gasteiger partial charge in [0, 0.05) is 25.7 Å². The van der Waals surface area contributed by atoms with Crippen LogP contribution in [0.25, 0.3) is 0 Å². The highest BCUT2D eigenvalue weighted by atomic mass is 16.2. The van der Waals surface area contributed by atoms with Crippen LogP contribution in [0.1, 0.15) is 32.4 Å². The molecule has 1 rings (SSSR count). The summed E-state index contributed by atoms with van der Waals surface area (Å²) in [4.78, 5) is 12.5. The molecule has 1 aromatic rings. The van der Waals surface area contributed by atoms with Crippen LogP contribution < -0.4 is 4.90 Å². The van der Waals surface area contributed by atoms with Gasteiger partial charge in [-0.3, -0.25) is 14.8 Å². The van der Waals surface area contributed by atoms with Gasteiger partial charge in [-0.25, -0.2) is 0 Å². The summed E-state index contributed by atoms with van der Waals surface area (Å²) in [7, 11) is 1.71. The van der Waals surface area contributed by atoms with E-state index in [-0.39, 0.29) is 5.91 Å². The number of aromatic amines is 1. The highest BCUT2D eigenvalue weighted by Crippen LogP contribution is 2.16. The lowest BCUT2D eigenvalue weighted by molar-refractivity contribution is -0.116. The zero-order valence-corrected chi connectivity index (χ0v) is 8.46. The number of H-pyrrole nitrogens is 1. The molecular weight excluding hydrogens is 166 g/mol. The van der Waals surface area contributed by atoms with Crippen molar-refractivity contribution < 1.29 is 4.79 Å². The topological polar surface area (TPSA) is 49.0 Å². The quantitative estimate of drug-likeness (QED) is 0.752. The van der Waals surface area contributed by atoms with Crippen LogP contribution in [-0.2, 0) is 4.79 Å². The molecule has 1 N–H and O–H groups in total. The van der Waals surface area contributed by atoms with Gasteiger partial charge in [-0.2, -0.15) is 5.10 Å². The average molecular weight is 181 g/mol. The Bertz CT molecular complexity index is 304. The first kappa shape index (κ1) is 9.77. The molecule has 0 saturated carbocycles. The van der Waals surface area contributed by atoms with Crippen molar-refractivity contribution in [3.05, 3.63) is 11.8 Å². The Morgan fingerprint density at radius 2 is 2.23 bits per heavy atom. The van der Waals surface area contributed by atoms with Gasteiger partial charge in [-0.05, 0) is 5.92 Å². The maximum atomic E-state index is 11.0. The minimum absolute atomic E-state index is 0.0122. The maximum absolute atomic E-state index is 11.0. The standard InChI is InChI=1S/C9H15N3O/c1-6(2)8-5-9(11-10-8)12(4)7(3)13/h5-6H,1-4H3,(H,10,11). The summed E-state index contributed by atoms with van der Waals surface area (Å²) in [5, 5.41) is 6.94. The van der Waals surface area contributed by atoms with Gasteiger partial charge in [0.25, 0.3) is 0 Å². The van der Waals surface area contributed by atoms with Crippen LogP contribution in [0.4, 0.5) is 5.82 Å². The van der Waals surface area contributed by atoms with Crippen LogP contribution in [0.3, 0.4) is 0 Å². The van der Waals surface area contributed by atoms with E-state index in [2.05, 4.69) is 24.0 Å². The summed E-state index contributed by atoms with van der Waals surface area (Å²) >= 11 is 0. The van der Waals surface area contributed by atoms with Crippen LogP contribution >= 0.6 is 0 Å². The number of nitrogens with one attached hydrogen (secondary N) is 1. The highest BCUT2D eigenvalue weighted by Gasteiger charge is 2.10. The second-order valence-electron chi connectivity index (χ2n) is 3.41. The van der Waals surface area contributed by atoms with Gasteiger partial charge in [0.05, 0.1) is 0 Å². The number of hydrogen-bond acceptors (Lipinski definition) is 2. The monoisotopic (exact) mass is 181 g/mol. The Morgan fingerprint density at radius 3 is 2.62 bits per heavy atom. The molecule has 1 amide bonds. The SMILES string of the molecule is CC(=O)N(C)c1cc(C(C)C)[nH]n1. The van der Waals surface area contributed by atoms with Crippen molar-refractivity contribution in [2.45, 2.75) is 26.7 Å². The van der Waals surface area contributed by atoms with Crippen molar-refractivity contribution >= 4 is 11.7 Å². The van der Waals surface area contributed by atoms with Crippen molar-refractivity contribution in [3.63, 3.8) is 0 Å². The van der Waals surface area contributed by atoms with E-state index in [0.717, 1.165) is 5.69 Å². The number of aromatic nitrogens is 2. The summed E-state index contributed by atoms with van der Waals surface area (Å²) < 4.78 is 0. The first-order valence-corrected chi connectivity index (χ1v) is 4.32. The number of carbonyl (C=O) groups is 1. The van der Waals surface area contributed by atoms with Gasteiger partial charge in [-0.15, -0.1) is 0 Å². The lowest BCUT2D eigenvalue weighted by Crippen LogP contribution is -2.23. The number of anilines is 1. The number of hydrogen-bond donors (Lipinski definition) is 1. The summed E-state index contributed by atoms with van der Waals surface area (Å²) in [6, 6.07) is 1.89. The molecule has 4 nitrogen and oxygen atoms in total. The Morgan fingerprint density at radius 1 is 1.62 bits per heavy atom. The molecule has 0 aliphatic carbocycles. The first-order chi connectivity index (χ1) is 6.02. The third-order valence-electron chi connectivity index (χ3n) is 2.02. The summed E-state index contributed by atoms with van der Waals surface area (Å²) in [5.74, 6) is 1.07. The molecule has 0 atom stereocenters. The summed E-state index contributed by atoms with van der Waals surface area (Å²) in [6.45, 7) is 5.67. The van der Waals surface area contributed by atoms with E-state index in [0.29, 0.717) is 11.7 Å². The van der Waals surface area contributed by atoms with E-state index in [1.165, 1.54) is 11.8 Å².